The van der Waals surface area contributed by atoms with Crippen LogP contribution in [0.3, 0.4) is 0 Å². The van der Waals surface area contributed by atoms with E-state index in [1.807, 2.05) is 0 Å². The minimum absolute atomic E-state index is 0.552. The van der Waals surface area contributed by atoms with Gasteiger partial charge in [0, 0.05) is 6.04 Å². The van der Waals surface area contributed by atoms with Gasteiger partial charge in [0.1, 0.15) is 0 Å². The monoisotopic (exact) mass is 125 g/mol. The summed E-state index contributed by atoms with van der Waals surface area (Å²) in [6.07, 6.45) is 7.07. The Balaban J connectivity index is 2.03. The van der Waals surface area contributed by atoms with E-state index in [9.17, 15) is 0 Å². The summed E-state index contributed by atoms with van der Waals surface area (Å²) in [4.78, 5) is 0. The van der Waals surface area contributed by atoms with Gasteiger partial charge in [-0.1, -0.05) is 12.8 Å². The number of rotatable bonds is 0. The molecule has 2 fully saturated rings. The van der Waals surface area contributed by atoms with Crippen LogP contribution in [0.4, 0.5) is 0 Å². The van der Waals surface area contributed by atoms with E-state index in [4.69, 9.17) is 5.73 Å². The number of nitrogens with two attached hydrogens (primary N) is 1. The molecular formula is C8H15N. The van der Waals surface area contributed by atoms with Crippen LogP contribution in [0, 0.1) is 11.8 Å². The fourth-order valence-electron chi connectivity index (χ4n) is 2.56. The van der Waals surface area contributed by atoms with Gasteiger partial charge >= 0.3 is 0 Å². The van der Waals surface area contributed by atoms with E-state index in [0.717, 1.165) is 11.8 Å². The lowest BCUT2D eigenvalue weighted by Crippen LogP contribution is -2.28. The van der Waals surface area contributed by atoms with Crippen molar-refractivity contribution in [3.05, 3.63) is 0 Å². The minimum Gasteiger partial charge on any atom is -0.328 e. The molecule has 2 bridgehead atoms. The van der Waals surface area contributed by atoms with E-state index < -0.39 is 0 Å². The first-order valence-corrected chi connectivity index (χ1v) is 4.10. The molecule has 2 saturated carbocycles. The maximum Gasteiger partial charge on any atom is 0.00441 e. The van der Waals surface area contributed by atoms with Gasteiger partial charge in [0.05, 0.1) is 0 Å². The average Bonchev–Trinajstić information content (AvgIpc) is 2.11. The molecule has 0 aromatic heterocycles. The fourth-order valence-corrected chi connectivity index (χ4v) is 2.56. The summed E-state index contributed by atoms with van der Waals surface area (Å²) in [5, 5.41) is 0. The molecule has 3 atom stereocenters. The smallest absolute Gasteiger partial charge is 0.00441 e. The first-order valence-electron chi connectivity index (χ1n) is 4.10. The number of fused-ring (bicyclic) bond motifs is 2. The van der Waals surface area contributed by atoms with Crippen molar-refractivity contribution < 1.29 is 0 Å². The quantitative estimate of drug-likeness (QED) is 0.522. The van der Waals surface area contributed by atoms with Crippen molar-refractivity contribution in [3.8, 4) is 0 Å². The molecule has 0 spiro atoms. The van der Waals surface area contributed by atoms with Crippen LogP contribution in [0.1, 0.15) is 32.1 Å². The van der Waals surface area contributed by atoms with E-state index in [1.54, 1.807) is 0 Å². The van der Waals surface area contributed by atoms with E-state index in [2.05, 4.69) is 0 Å². The van der Waals surface area contributed by atoms with Crippen molar-refractivity contribution in [3.63, 3.8) is 0 Å². The molecule has 0 saturated heterocycles. The van der Waals surface area contributed by atoms with Crippen molar-refractivity contribution in [2.24, 2.45) is 17.6 Å². The van der Waals surface area contributed by atoms with Gasteiger partial charge < -0.3 is 5.73 Å². The van der Waals surface area contributed by atoms with Gasteiger partial charge in [-0.2, -0.15) is 0 Å². The Labute approximate surface area is 56.6 Å². The van der Waals surface area contributed by atoms with Gasteiger partial charge in [-0.3, -0.25) is 0 Å². The second-order valence-electron chi connectivity index (χ2n) is 3.78. The van der Waals surface area contributed by atoms with Crippen LogP contribution in [0.5, 0.6) is 0 Å². The SMILES string of the molecule is N[C@@H]1C[C@H]2CC[C@@H](C1)C2. The molecule has 2 rings (SSSR count). The summed E-state index contributed by atoms with van der Waals surface area (Å²) < 4.78 is 0. The van der Waals surface area contributed by atoms with E-state index in [-0.39, 0.29) is 0 Å². The summed E-state index contributed by atoms with van der Waals surface area (Å²) in [5.74, 6) is 2.03. The molecule has 2 aliphatic rings. The number of hydrogen-bond acceptors (Lipinski definition) is 1. The van der Waals surface area contributed by atoms with Gasteiger partial charge in [0.2, 0.25) is 0 Å². The minimum atomic E-state index is 0.552. The third kappa shape index (κ3) is 0.983. The van der Waals surface area contributed by atoms with Crippen LogP contribution in [0.15, 0.2) is 0 Å². The van der Waals surface area contributed by atoms with Crippen LogP contribution in [0.2, 0.25) is 0 Å². The van der Waals surface area contributed by atoms with Crippen LogP contribution < -0.4 is 5.73 Å². The van der Waals surface area contributed by atoms with Crippen LogP contribution >= 0.6 is 0 Å². The molecule has 0 aliphatic heterocycles. The lowest BCUT2D eigenvalue weighted by molar-refractivity contribution is 0.320. The Kier molecular flexibility index (Phi) is 1.26. The average molecular weight is 125 g/mol. The van der Waals surface area contributed by atoms with Gasteiger partial charge in [-0.05, 0) is 31.1 Å². The Morgan fingerprint density at radius 1 is 0.889 bits per heavy atom. The van der Waals surface area contributed by atoms with Crippen LogP contribution in [-0.4, -0.2) is 6.04 Å². The predicted octanol–water partition coefficient (Wildman–Crippen LogP) is 1.52. The Hall–Kier alpha value is -0.0400. The molecule has 0 unspecified atom stereocenters. The summed E-state index contributed by atoms with van der Waals surface area (Å²) in [5.41, 5.74) is 5.86. The zero-order valence-electron chi connectivity index (χ0n) is 5.84. The molecule has 0 amide bonds. The lowest BCUT2D eigenvalue weighted by atomic mass is 9.86. The third-order valence-electron chi connectivity index (χ3n) is 2.92. The second-order valence-corrected chi connectivity index (χ2v) is 3.78. The van der Waals surface area contributed by atoms with Gasteiger partial charge in [0.15, 0.2) is 0 Å². The van der Waals surface area contributed by atoms with E-state index in [1.165, 1.54) is 32.1 Å². The van der Waals surface area contributed by atoms with Crippen LogP contribution in [0.25, 0.3) is 0 Å². The topological polar surface area (TPSA) is 26.0 Å². The van der Waals surface area contributed by atoms with Crippen molar-refractivity contribution in [2.45, 2.75) is 38.1 Å². The van der Waals surface area contributed by atoms with E-state index >= 15 is 0 Å². The zero-order valence-corrected chi connectivity index (χ0v) is 5.84. The highest BCUT2D eigenvalue weighted by Gasteiger charge is 2.31. The van der Waals surface area contributed by atoms with Crippen molar-refractivity contribution in [1.29, 1.82) is 0 Å². The van der Waals surface area contributed by atoms with Crippen molar-refractivity contribution in [1.82, 2.24) is 0 Å². The summed E-state index contributed by atoms with van der Waals surface area (Å²) in [7, 11) is 0. The summed E-state index contributed by atoms with van der Waals surface area (Å²) in [6.45, 7) is 0. The molecule has 1 nitrogen and oxygen atoms in total. The highest BCUT2D eigenvalue weighted by atomic mass is 14.7. The zero-order chi connectivity index (χ0) is 6.27. The molecule has 0 aromatic carbocycles. The maximum atomic E-state index is 5.86. The largest absolute Gasteiger partial charge is 0.328 e. The Morgan fingerprint density at radius 2 is 1.44 bits per heavy atom. The third-order valence-corrected chi connectivity index (χ3v) is 2.92. The first kappa shape index (κ1) is 5.72. The normalized spacial score (nSPS) is 49.7. The van der Waals surface area contributed by atoms with Gasteiger partial charge in [-0.25, -0.2) is 0 Å². The fraction of sp³-hybridized carbons (Fsp3) is 1.00. The molecule has 2 aliphatic carbocycles. The highest BCUT2D eigenvalue weighted by molar-refractivity contribution is 4.86. The predicted molar refractivity (Wildman–Crippen MR) is 38.0 cm³/mol. The lowest BCUT2D eigenvalue weighted by Gasteiger charge is -2.23. The molecule has 1 heteroatoms. The molecule has 0 radical (unpaired) electrons. The van der Waals surface area contributed by atoms with Crippen molar-refractivity contribution in [2.75, 3.05) is 0 Å². The molecular weight excluding hydrogens is 110 g/mol. The first-order chi connectivity index (χ1) is 4.34. The van der Waals surface area contributed by atoms with Gasteiger partial charge in [-0.15, -0.1) is 0 Å². The Bertz CT molecular complexity index is 99.1. The summed E-state index contributed by atoms with van der Waals surface area (Å²) >= 11 is 0. The van der Waals surface area contributed by atoms with Gasteiger partial charge in [0.25, 0.3) is 0 Å². The van der Waals surface area contributed by atoms with Crippen molar-refractivity contribution >= 4 is 0 Å². The second kappa shape index (κ2) is 1.98. The molecule has 2 N–H and O–H groups in total. The molecule has 0 aromatic rings. The molecule has 52 valence electrons. The van der Waals surface area contributed by atoms with Crippen LogP contribution in [-0.2, 0) is 0 Å². The highest BCUT2D eigenvalue weighted by Crippen LogP contribution is 2.41. The maximum absolute atomic E-state index is 5.86. The Morgan fingerprint density at radius 3 is 2.00 bits per heavy atom. The van der Waals surface area contributed by atoms with E-state index in [0.29, 0.717) is 6.04 Å². The standard InChI is InChI=1S/C8H15N/c9-8-4-6-1-2-7(3-6)5-8/h6-8H,1-5,9H2/t6-,7+,8+. The molecule has 0 heterocycles. The summed E-state index contributed by atoms with van der Waals surface area (Å²) in [6, 6.07) is 0.552. The molecule has 9 heavy (non-hydrogen) atoms. The number of hydrogen-bond donors (Lipinski definition) is 1.